The summed E-state index contributed by atoms with van der Waals surface area (Å²) in [7, 11) is 1.83. The van der Waals surface area contributed by atoms with E-state index in [2.05, 4.69) is 23.1 Å². The molecule has 1 amide bonds. The van der Waals surface area contributed by atoms with Gasteiger partial charge in [0.15, 0.2) is 0 Å². The number of anilines is 1. The van der Waals surface area contributed by atoms with Gasteiger partial charge in [-0.2, -0.15) is 0 Å². The van der Waals surface area contributed by atoms with Crippen molar-refractivity contribution in [2.45, 2.75) is 103 Å². The number of nitrogens with zero attached hydrogens (tertiary/aromatic N) is 2. The molecule has 2 heterocycles. The third kappa shape index (κ3) is 6.87. The first-order valence-electron chi connectivity index (χ1n) is 18.3. The molecule has 0 bridgehead atoms. The summed E-state index contributed by atoms with van der Waals surface area (Å²) in [4.78, 5) is 30.1. The lowest BCUT2D eigenvalue weighted by molar-refractivity contribution is -0.0393. The Bertz CT molecular complexity index is 1680. The predicted molar refractivity (Wildman–Crippen MR) is 195 cm³/mol. The molecule has 50 heavy (non-hydrogen) atoms. The number of amides is 1. The van der Waals surface area contributed by atoms with Gasteiger partial charge in [0.25, 0.3) is 0 Å². The fourth-order valence-corrected chi connectivity index (χ4v) is 9.20. The molecule has 2 spiro atoms. The normalized spacial score (nSPS) is 25.9. The van der Waals surface area contributed by atoms with Crippen LogP contribution in [0.4, 0.5) is 10.5 Å². The number of aryl methyl sites for hydroxylation is 1. The maximum absolute atomic E-state index is 13.3. The number of esters is 1. The van der Waals surface area contributed by atoms with Crippen molar-refractivity contribution in [3.8, 4) is 5.75 Å². The van der Waals surface area contributed by atoms with E-state index in [1.165, 1.54) is 16.7 Å². The summed E-state index contributed by atoms with van der Waals surface area (Å²) in [5, 5.41) is 0.770. The van der Waals surface area contributed by atoms with Crippen molar-refractivity contribution >= 4 is 29.4 Å². The molecule has 0 radical (unpaired) electrons. The Morgan fingerprint density at radius 1 is 1.00 bits per heavy atom. The maximum atomic E-state index is 13.3. The summed E-state index contributed by atoms with van der Waals surface area (Å²) >= 11 is 6.48. The number of methoxy groups -OCH3 is 1. The Labute approximate surface area is 302 Å². The molecule has 5 aliphatic rings. The molecule has 270 valence electrons. The molecule has 2 aromatic carbocycles. The van der Waals surface area contributed by atoms with E-state index in [1.54, 1.807) is 0 Å². The first-order valence-corrected chi connectivity index (χ1v) is 18.7. The van der Waals surface area contributed by atoms with Crippen LogP contribution in [0.3, 0.4) is 0 Å². The average Bonchev–Trinajstić information content (AvgIpc) is 3.12. The lowest BCUT2D eigenvalue weighted by Crippen LogP contribution is -2.62. The summed E-state index contributed by atoms with van der Waals surface area (Å²) in [5.41, 5.74) is 4.23. The van der Waals surface area contributed by atoms with Crippen molar-refractivity contribution in [2.24, 2.45) is 17.3 Å². The zero-order chi connectivity index (χ0) is 35.6. The number of halogens is 1. The fraction of sp³-hybridized carbons (Fsp3) is 0.610. The lowest BCUT2D eigenvalue weighted by atomic mass is 9.60. The van der Waals surface area contributed by atoms with E-state index in [9.17, 15) is 9.59 Å². The smallest absolute Gasteiger partial charge is 0.410 e. The van der Waals surface area contributed by atoms with E-state index in [0.717, 1.165) is 68.1 Å². The molecule has 1 saturated heterocycles. The zero-order valence-electron chi connectivity index (χ0n) is 30.8. The Hall–Kier alpha value is -3.23. The SMILES string of the molecule is CO[C@@H](C1=CC2(C1)CN(C(=O)OC(C)(C)C)C2)[C@@H]1CC[C@H]1CN1C[C@@]2(CCCc3cc(Cl)ccc32)COc2ccc(C(=O)OC(C)(C)C)cc21. The molecule has 2 aromatic rings. The Balaban J connectivity index is 1.13. The van der Waals surface area contributed by atoms with Crippen LogP contribution >= 0.6 is 11.6 Å². The second-order valence-corrected chi connectivity index (χ2v) is 18.0. The van der Waals surface area contributed by atoms with Gasteiger partial charge < -0.3 is 28.7 Å². The monoisotopic (exact) mass is 704 g/mol. The Morgan fingerprint density at radius 3 is 2.40 bits per heavy atom. The van der Waals surface area contributed by atoms with Crippen molar-refractivity contribution in [3.05, 3.63) is 69.8 Å². The van der Waals surface area contributed by atoms with E-state index >= 15 is 0 Å². The number of benzene rings is 2. The molecule has 7 rings (SSSR count). The van der Waals surface area contributed by atoms with Gasteiger partial charge in [-0.1, -0.05) is 23.7 Å². The van der Waals surface area contributed by atoms with Crippen molar-refractivity contribution in [2.75, 3.05) is 44.8 Å². The van der Waals surface area contributed by atoms with E-state index in [-0.39, 0.29) is 29.0 Å². The quantitative estimate of drug-likeness (QED) is 0.221. The van der Waals surface area contributed by atoms with Crippen LogP contribution in [0.5, 0.6) is 5.75 Å². The van der Waals surface area contributed by atoms with Crippen LogP contribution in [0, 0.1) is 17.3 Å². The molecule has 0 unspecified atom stereocenters. The molecule has 2 aliphatic heterocycles. The van der Waals surface area contributed by atoms with Crippen LogP contribution in [0.1, 0.15) is 95.1 Å². The number of rotatable bonds is 6. The van der Waals surface area contributed by atoms with Crippen molar-refractivity contribution in [1.29, 1.82) is 0 Å². The third-order valence-electron chi connectivity index (χ3n) is 11.3. The van der Waals surface area contributed by atoms with Crippen LogP contribution < -0.4 is 9.64 Å². The summed E-state index contributed by atoms with van der Waals surface area (Å²) in [5.74, 6) is 1.28. The maximum Gasteiger partial charge on any atom is 0.410 e. The van der Waals surface area contributed by atoms with E-state index in [1.807, 2.05) is 77.8 Å². The second kappa shape index (κ2) is 12.8. The minimum atomic E-state index is -0.589. The van der Waals surface area contributed by atoms with Gasteiger partial charge in [0.2, 0.25) is 0 Å². The van der Waals surface area contributed by atoms with Crippen molar-refractivity contribution in [1.82, 2.24) is 4.90 Å². The van der Waals surface area contributed by atoms with E-state index in [4.69, 9.17) is 30.5 Å². The number of ether oxygens (including phenoxy) is 4. The van der Waals surface area contributed by atoms with Crippen LogP contribution in [0.15, 0.2) is 48.0 Å². The summed E-state index contributed by atoms with van der Waals surface area (Å²) in [6.07, 6.45) is 8.49. The molecular formula is C41H53ClN2O6. The molecule has 0 aromatic heterocycles. The topological polar surface area (TPSA) is 77.5 Å². The number of fused-ring (bicyclic) bond motifs is 3. The van der Waals surface area contributed by atoms with Gasteiger partial charge in [-0.3, -0.25) is 0 Å². The van der Waals surface area contributed by atoms with Gasteiger partial charge in [0.05, 0.1) is 24.0 Å². The van der Waals surface area contributed by atoms with Crippen LogP contribution in [-0.2, 0) is 26.0 Å². The molecule has 2 fully saturated rings. The highest BCUT2D eigenvalue weighted by molar-refractivity contribution is 6.30. The van der Waals surface area contributed by atoms with Gasteiger partial charge in [0, 0.05) is 49.1 Å². The minimum absolute atomic E-state index is 0.0467. The van der Waals surface area contributed by atoms with Gasteiger partial charge in [-0.15, -0.1) is 0 Å². The number of carbonyl (C=O) groups is 2. The zero-order valence-corrected chi connectivity index (χ0v) is 31.5. The fourth-order valence-electron chi connectivity index (χ4n) is 9.01. The second-order valence-electron chi connectivity index (χ2n) is 17.5. The number of hydrogen-bond donors (Lipinski definition) is 0. The lowest BCUT2D eigenvalue weighted by Gasteiger charge is -2.56. The molecule has 9 heteroatoms. The highest BCUT2D eigenvalue weighted by Crippen LogP contribution is 2.53. The third-order valence-corrected chi connectivity index (χ3v) is 11.6. The van der Waals surface area contributed by atoms with Crippen LogP contribution in [0.25, 0.3) is 0 Å². The highest BCUT2D eigenvalue weighted by atomic mass is 35.5. The molecular weight excluding hydrogens is 652 g/mol. The highest BCUT2D eigenvalue weighted by Gasteiger charge is 2.53. The van der Waals surface area contributed by atoms with Gasteiger partial charge in [-0.25, -0.2) is 9.59 Å². The van der Waals surface area contributed by atoms with Crippen molar-refractivity contribution in [3.63, 3.8) is 0 Å². The van der Waals surface area contributed by atoms with Gasteiger partial charge in [0.1, 0.15) is 17.0 Å². The van der Waals surface area contributed by atoms with Crippen molar-refractivity contribution < 1.29 is 28.5 Å². The first-order chi connectivity index (χ1) is 23.6. The Morgan fingerprint density at radius 2 is 1.74 bits per heavy atom. The molecule has 4 atom stereocenters. The van der Waals surface area contributed by atoms with E-state index < -0.39 is 11.2 Å². The van der Waals surface area contributed by atoms with Crippen LogP contribution in [0.2, 0.25) is 5.02 Å². The molecule has 8 nitrogen and oxygen atoms in total. The van der Waals surface area contributed by atoms with Gasteiger partial charge >= 0.3 is 12.1 Å². The summed E-state index contributed by atoms with van der Waals surface area (Å²) < 4.78 is 24.3. The van der Waals surface area contributed by atoms with Crippen LogP contribution in [-0.4, -0.2) is 74.2 Å². The standard InChI is InChI=1S/C41H53ClN2O6/c1-38(2,3)49-36(45)27-11-15-34-33(18-27)43(24-41(25-48-34)16-8-9-26-17-30(42)12-14-32(26)41)21-28-10-13-31(28)35(47-7)29-19-40(20-29)22-44(23-40)37(46)50-39(4,5)6/h11-12,14-15,17-19,28,31,35H,8-10,13,16,20-25H2,1-7H3/t28-,31+,35-,41-/m0/s1. The average molecular weight is 705 g/mol. The number of likely N-dealkylation sites (tertiary alicyclic amines) is 1. The number of carbonyl (C=O) groups excluding carboxylic acids is 2. The largest absolute Gasteiger partial charge is 0.490 e. The predicted octanol–water partition coefficient (Wildman–Crippen LogP) is 8.38. The molecule has 0 N–H and O–H groups in total. The first kappa shape index (κ1) is 35.2. The molecule has 1 saturated carbocycles. The minimum Gasteiger partial charge on any atom is -0.490 e. The van der Waals surface area contributed by atoms with E-state index in [0.29, 0.717) is 37.1 Å². The molecule has 3 aliphatic carbocycles. The summed E-state index contributed by atoms with van der Waals surface area (Å²) in [6.45, 7) is 15.0. The van der Waals surface area contributed by atoms with Gasteiger partial charge in [-0.05, 0) is 139 Å². The Kier molecular flexibility index (Phi) is 8.98. The number of hydrogen-bond acceptors (Lipinski definition) is 7. The summed E-state index contributed by atoms with van der Waals surface area (Å²) in [6, 6.07) is 12.1.